The second-order valence-electron chi connectivity index (χ2n) is 4.30. The Balaban J connectivity index is 0.00000196. The summed E-state index contributed by atoms with van der Waals surface area (Å²) in [4.78, 5) is 34.0. The maximum Gasteiger partial charge on any atom is 0.316 e. The SMILES string of the molecule is COC(=O)C1C(=O)CC(=O)CC1(C)C.[Na]. The molecule has 0 bridgehead atoms. The third-order valence-electron chi connectivity index (χ3n) is 2.56. The zero-order chi connectivity index (χ0) is 10.9. The molecule has 15 heavy (non-hydrogen) atoms. The quantitative estimate of drug-likeness (QED) is 0.364. The number of rotatable bonds is 1. The van der Waals surface area contributed by atoms with Crippen LogP contribution in [0, 0.1) is 11.3 Å². The summed E-state index contributed by atoms with van der Waals surface area (Å²) >= 11 is 0. The Morgan fingerprint density at radius 3 is 2.33 bits per heavy atom. The molecular weight excluding hydrogens is 207 g/mol. The van der Waals surface area contributed by atoms with Crippen LogP contribution in [0.1, 0.15) is 26.7 Å². The monoisotopic (exact) mass is 221 g/mol. The summed E-state index contributed by atoms with van der Waals surface area (Å²) in [6, 6.07) is 0. The molecule has 1 unspecified atom stereocenters. The topological polar surface area (TPSA) is 60.4 Å². The van der Waals surface area contributed by atoms with E-state index in [0.29, 0.717) is 0 Å². The number of ether oxygens (including phenoxy) is 1. The molecule has 0 aromatic carbocycles. The fourth-order valence-corrected chi connectivity index (χ4v) is 1.97. The zero-order valence-corrected chi connectivity index (χ0v) is 11.6. The summed E-state index contributed by atoms with van der Waals surface area (Å²) in [5, 5.41) is 0. The van der Waals surface area contributed by atoms with Crippen molar-refractivity contribution in [2.24, 2.45) is 11.3 Å². The van der Waals surface area contributed by atoms with Crippen molar-refractivity contribution in [3.05, 3.63) is 0 Å². The second kappa shape index (κ2) is 5.23. The largest absolute Gasteiger partial charge is 0.468 e. The molecule has 0 amide bonds. The first-order valence-corrected chi connectivity index (χ1v) is 4.50. The number of esters is 1. The predicted molar refractivity (Wildman–Crippen MR) is 54.3 cm³/mol. The normalized spacial score (nSPS) is 24.3. The molecule has 4 nitrogen and oxygen atoms in total. The number of hydrogen-bond acceptors (Lipinski definition) is 4. The Hall–Kier alpha value is -0.190. The number of Topliss-reactive ketones (excluding diaryl/α,β-unsaturated/α-hetero) is 2. The Labute approximate surface area is 111 Å². The van der Waals surface area contributed by atoms with Crippen molar-refractivity contribution in [1.29, 1.82) is 0 Å². The van der Waals surface area contributed by atoms with Gasteiger partial charge in [-0.1, -0.05) is 13.8 Å². The van der Waals surface area contributed by atoms with Gasteiger partial charge in [-0.3, -0.25) is 14.4 Å². The fourth-order valence-electron chi connectivity index (χ4n) is 1.97. The van der Waals surface area contributed by atoms with Crippen LogP contribution in [0.25, 0.3) is 0 Å². The summed E-state index contributed by atoms with van der Waals surface area (Å²) in [7, 11) is 1.25. The van der Waals surface area contributed by atoms with Crippen LogP contribution in [0.4, 0.5) is 0 Å². The molecule has 1 aliphatic rings. The number of methoxy groups -OCH3 is 1. The van der Waals surface area contributed by atoms with Gasteiger partial charge in [-0.15, -0.1) is 0 Å². The van der Waals surface area contributed by atoms with E-state index in [1.165, 1.54) is 7.11 Å². The molecule has 1 saturated carbocycles. The Bertz CT molecular complexity index is 296. The summed E-state index contributed by atoms with van der Waals surface area (Å²) in [5.74, 6) is -1.74. The first-order valence-electron chi connectivity index (χ1n) is 4.50. The van der Waals surface area contributed by atoms with Gasteiger partial charge in [0.15, 0.2) is 5.78 Å². The molecule has 1 aliphatic carbocycles. The number of hydrogen-bond donors (Lipinski definition) is 0. The molecule has 0 heterocycles. The van der Waals surface area contributed by atoms with Gasteiger partial charge in [-0.25, -0.2) is 0 Å². The molecule has 0 aliphatic heterocycles. The second-order valence-corrected chi connectivity index (χ2v) is 4.30. The van der Waals surface area contributed by atoms with E-state index >= 15 is 0 Å². The number of carbonyl (C=O) groups is 3. The summed E-state index contributed by atoms with van der Waals surface area (Å²) in [6.45, 7) is 3.48. The van der Waals surface area contributed by atoms with E-state index in [4.69, 9.17) is 0 Å². The van der Waals surface area contributed by atoms with Crippen molar-refractivity contribution in [1.82, 2.24) is 0 Å². The van der Waals surface area contributed by atoms with Crippen LogP contribution >= 0.6 is 0 Å². The fraction of sp³-hybridized carbons (Fsp3) is 0.700. The minimum atomic E-state index is -0.787. The molecule has 1 rings (SSSR count). The van der Waals surface area contributed by atoms with Crippen molar-refractivity contribution in [2.75, 3.05) is 7.11 Å². The smallest absolute Gasteiger partial charge is 0.316 e. The maximum absolute atomic E-state index is 11.5. The van der Waals surface area contributed by atoms with Crippen molar-refractivity contribution < 1.29 is 19.1 Å². The first kappa shape index (κ1) is 14.8. The third-order valence-corrected chi connectivity index (χ3v) is 2.56. The molecule has 0 saturated heterocycles. The van der Waals surface area contributed by atoms with Crippen molar-refractivity contribution in [2.45, 2.75) is 26.7 Å². The van der Waals surface area contributed by atoms with Crippen LogP contribution in [-0.2, 0) is 19.1 Å². The average Bonchev–Trinajstić information content (AvgIpc) is 1.99. The molecule has 0 aromatic heterocycles. The molecule has 0 spiro atoms. The van der Waals surface area contributed by atoms with Crippen molar-refractivity contribution in [3.8, 4) is 0 Å². The van der Waals surface area contributed by atoms with Gasteiger partial charge < -0.3 is 4.74 Å². The Kier molecular flexibility index (Phi) is 5.17. The number of ketones is 2. The van der Waals surface area contributed by atoms with Gasteiger partial charge in [0.25, 0.3) is 0 Å². The van der Waals surface area contributed by atoms with Gasteiger partial charge in [-0.05, 0) is 5.41 Å². The molecule has 1 radical (unpaired) electrons. The van der Waals surface area contributed by atoms with E-state index in [-0.39, 0.29) is 54.0 Å². The van der Waals surface area contributed by atoms with Crippen molar-refractivity contribution >= 4 is 47.1 Å². The van der Waals surface area contributed by atoms with Gasteiger partial charge in [-0.2, -0.15) is 0 Å². The minimum absolute atomic E-state index is 0. The zero-order valence-electron chi connectivity index (χ0n) is 9.62. The Morgan fingerprint density at radius 2 is 1.93 bits per heavy atom. The van der Waals surface area contributed by atoms with E-state index in [1.807, 2.05) is 0 Å². The van der Waals surface area contributed by atoms with Crippen LogP contribution in [0.5, 0.6) is 0 Å². The van der Waals surface area contributed by atoms with E-state index < -0.39 is 17.3 Å². The van der Waals surface area contributed by atoms with E-state index in [1.54, 1.807) is 13.8 Å². The molecule has 79 valence electrons. The molecule has 0 N–H and O–H groups in total. The van der Waals surface area contributed by atoms with Crippen LogP contribution < -0.4 is 0 Å². The van der Waals surface area contributed by atoms with Crippen LogP contribution in [0.3, 0.4) is 0 Å². The molecule has 5 heteroatoms. The predicted octanol–water partition coefficient (Wildman–Crippen LogP) is 0.353. The standard InChI is InChI=1S/C10H14O4.Na/c1-10(2)5-6(11)4-7(12)8(10)9(13)14-3;/h8H,4-5H2,1-3H3;. The van der Waals surface area contributed by atoms with Crippen molar-refractivity contribution in [3.63, 3.8) is 0 Å². The number of carbonyl (C=O) groups excluding carboxylic acids is 3. The summed E-state index contributed by atoms with van der Waals surface area (Å²) in [6.07, 6.45) is 0.127. The average molecular weight is 221 g/mol. The summed E-state index contributed by atoms with van der Waals surface area (Å²) < 4.78 is 4.56. The van der Waals surface area contributed by atoms with Crippen LogP contribution in [-0.4, -0.2) is 54.2 Å². The van der Waals surface area contributed by atoms with E-state index in [9.17, 15) is 14.4 Å². The van der Waals surface area contributed by atoms with Gasteiger partial charge in [0.2, 0.25) is 0 Å². The van der Waals surface area contributed by atoms with E-state index in [0.717, 1.165) is 0 Å². The molecule has 1 fully saturated rings. The Morgan fingerprint density at radius 1 is 1.40 bits per heavy atom. The summed E-state index contributed by atoms with van der Waals surface area (Å²) in [5.41, 5.74) is -0.612. The molecule has 1 atom stereocenters. The molecular formula is C10H14NaO4. The van der Waals surface area contributed by atoms with E-state index in [2.05, 4.69) is 4.74 Å². The first-order chi connectivity index (χ1) is 6.38. The minimum Gasteiger partial charge on any atom is -0.468 e. The van der Waals surface area contributed by atoms with Crippen LogP contribution in [0.15, 0.2) is 0 Å². The molecule has 0 aromatic rings. The maximum atomic E-state index is 11.5. The van der Waals surface area contributed by atoms with Gasteiger partial charge in [0.05, 0.1) is 13.5 Å². The third kappa shape index (κ3) is 3.13. The van der Waals surface area contributed by atoms with Gasteiger partial charge in [0.1, 0.15) is 11.7 Å². The van der Waals surface area contributed by atoms with Crippen LogP contribution in [0.2, 0.25) is 0 Å². The van der Waals surface area contributed by atoms with Gasteiger partial charge >= 0.3 is 5.97 Å². The van der Waals surface area contributed by atoms with Gasteiger partial charge in [0, 0.05) is 36.0 Å².